The van der Waals surface area contributed by atoms with Crippen LogP contribution in [-0.2, 0) is 22.1 Å². The van der Waals surface area contributed by atoms with Crippen molar-refractivity contribution in [2.45, 2.75) is 25.9 Å². The van der Waals surface area contributed by atoms with Crippen molar-refractivity contribution >= 4 is 5.97 Å². The van der Waals surface area contributed by atoms with Gasteiger partial charge in [0, 0.05) is 11.8 Å². The Morgan fingerprint density at radius 1 is 1.23 bits per heavy atom. The Kier molecular flexibility index (Phi) is 5.20. The molecule has 1 rings (SSSR count). The number of rotatable bonds is 4. The van der Waals surface area contributed by atoms with Crippen LogP contribution in [0.2, 0.25) is 0 Å². The van der Waals surface area contributed by atoms with Gasteiger partial charge in [0.05, 0.1) is 18.6 Å². The second-order valence-electron chi connectivity index (χ2n) is 3.80. The third-order valence-electron chi connectivity index (χ3n) is 2.23. The van der Waals surface area contributed by atoms with E-state index in [4.69, 9.17) is 0 Å². The first-order valence-electron chi connectivity index (χ1n) is 5.61. The lowest BCUT2D eigenvalue weighted by atomic mass is 10.1. The Balaban J connectivity index is 3.32. The number of pyridine rings is 1. The molecule has 0 aliphatic carbocycles. The SMILES string of the molecule is CCOC(=O)Cc1c(C(F)(F)F)cnc(OC(F)(F)F)c1F. The van der Waals surface area contributed by atoms with Crippen LogP contribution in [0.3, 0.4) is 0 Å². The molecule has 1 heterocycles. The summed E-state index contributed by atoms with van der Waals surface area (Å²) in [4.78, 5) is 13.9. The highest BCUT2D eigenvalue weighted by Gasteiger charge is 2.39. The molecule has 0 aliphatic heterocycles. The van der Waals surface area contributed by atoms with Crippen molar-refractivity contribution in [3.63, 3.8) is 0 Å². The van der Waals surface area contributed by atoms with Crippen molar-refractivity contribution in [2.24, 2.45) is 0 Å². The smallest absolute Gasteiger partial charge is 0.466 e. The van der Waals surface area contributed by atoms with Crippen molar-refractivity contribution in [1.82, 2.24) is 4.98 Å². The lowest BCUT2D eigenvalue weighted by Gasteiger charge is -2.15. The van der Waals surface area contributed by atoms with Crippen molar-refractivity contribution < 1.29 is 45.0 Å². The zero-order chi connectivity index (χ0) is 17.1. The minimum Gasteiger partial charge on any atom is -0.466 e. The molecule has 22 heavy (non-hydrogen) atoms. The third-order valence-corrected chi connectivity index (χ3v) is 2.23. The molecule has 0 aliphatic rings. The summed E-state index contributed by atoms with van der Waals surface area (Å²) in [5, 5.41) is 0. The van der Waals surface area contributed by atoms with Gasteiger partial charge in [0.1, 0.15) is 0 Å². The van der Waals surface area contributed by atoms with E-state index in [1.807, 2.05) is 0 Å². The summed E-state index contributed by atoms with van der Waals surface area (Å²) >= 11 is 0. The van der Waals surface area contributed by atoms with Crippen LogP contribution in [0.4, 0.5) is 30.7 Å². The van der Waals surface area contributed by atoms with Gasteiger partial charge in [-0.3, -0.25) is 4.79 Å². The van der Waals surface area contributed by atoms with E-state index in [0.717, 1.165) is 0 Å². The first kappa shape index (κ1) is 18.0. The minimum absolute atomic E-state index is 0.0429. The number of alkyl halides is 6. The van der Waals surface area contributed by atoms with Crippen molar-refractivity contribution in [3.8, 4) is 5.88 Å². The second-order valence-corrected chi connectivity index (χ2v) is 3.80. The largest absolute Gasteiger partial charge is 0.574 e. The molecule has 4 nitrogen and oxygen atoms in total. The lowest BCUT2D eigenvalue weighted by Crippen LogP contribution is -2.22. The molecule has 0 N–H and O–H groups in total. The first-order chi connectivity index (χ1) is 9.95. The molecule has 0 fully saturated rings. The van der Waals surface area contributed by atoms with Crippen LogP contribution < -0.4 is 4.74 Å². The number of carbonyl (C=O) groups excluding carboxylic acids is 1. The summed E-state index contributed by atoms with van der Waals surface area (Å²) in [6.07, 6.45) is -11.7. The monoisotopic (exact) mass is 335 g/mol. The average Bonchev–Trinajstić information content (AvgIpc) is 2.31. The average molecular weight is 335 g/mol. The van der Waals surface area contributed by atoms with Crippen LogP contribution in [0, 0.1) is 5.82 Å². The van der Waals surface area contributed by atoms with Crippen LogP contribution in [0.5, 0.6) is 5.88 Å². The molecule has 0 spiro atoms. The summed E-state index contributed by atoms with van der Waals surface area (Å²) in [6.45, 7) is 1.16. The first-order valence-corrected chi connectivity index (χ1v) is 5.61. The maximum atomic E-state index is 13.8. The topological polar surface area (TPSA) is 48.4 Å². The summed E-state index contributed by atoms with van der Waals surface area (Å²) in [5.41, 5.74) is -3.02. The Morgan fingerprint density at radius 2 is 1.82 bits per heavy atom. The van der Waals surface area contributed by atoms with Crippen molar-refractivity contribution in [1.29, 1.82) is 0 Å². The van der Waals surface area contributed by atoms with E-state index in [2.05, 4.69) is 14.5 Å². The molecule has 0 unspecified atom stereocenters. The number of esters is 1. The van der Waals surface area contributed by atoms with Crippen LogP contribution in [-0.4, -0.2) is 23.9 Å². The van der Waals surface area contributed by atoms with Gasteiger partial charge in [0.25, 0.3) is 5.88 Å². The molecule has 0 radical (unpaired) electrons. The van der Waals surface area contributed by atoms with Gasteiger partial charge in [-0.1, -0.05) is 0 Å². The number of nitrogens with zero attached hydrogens (tertiary/aromatic N) is 1. The zero-order valence-corrected chi connectivity index (χ0v) is 10.8. The molecule has 11 heteroatoms. The molecule has 124 valence electrons. The van der Waals surface area contributed by atoms with Crippen molar-refractivity contribution in [2.75, 3.05) is 6.61 Å². The second kappa shape index (κ2) is 6.36. The van der Waals surface area contributed by atoms with Gasteiger partial charge >= 0.3 is 18.5 Å². The van der Waals surface area contributed by atoms with Gasteiger partial charge in [-0.25, -0.2) is 9.37 Å². The van der Waals surface area contributed by atoms with Gasteiger partial charge in [-0.05, 0) is 6.92 Å². The summed E-state index contributed by atoms with van der Waals surface area (Å²) in [7, 11) is 0. The van der Waals surface area contributed by atoms with Crippen LogP contribution in [0.1, 0.15) is 18.1 Å². The van der Waals surface area contributed by atoms with E-state index in [1.165, 1.54) is 6.92 Å². The van der Waals surface area contributed by atoms with Gasteiger partial charge in [0.15, 0.2) is 5.82 Å². The molecule has 0 atom stereocenters. The molecule has 0 saturated heterocycles. The maximum Gasteiger partial charge on any atom is 0.574 e. The molecule has 0 amide bonds. The Labute approximate surface area is 118 Å². The van der Waals surface area contributed by atoms with Gasteiger partial charge in [-0.15, -0.1) is 13.2 Å². The number of halogens is 7. The van der Waals surface area contributed by atoms with E-state index in [0.29, 0.717) is 0 Å². The maximum absolute atomic E-state index is 13.8. The van der Waals surface area contributed by atoms with E-state index in [9.17, 15) is 35.5 Å². The van der Waals surface area contributed by atoms with E-state index in [1.54, 1.807) is 0 Å². The van der Waals surface area contributed by atoms with Gasteiger partial charge in [0.2, 0.25) is 0 Å². The third kappa shape index (κ3) is 4.74. The predicted octanol–water partition coefficient (Wildman–Crippen LogP) is 3.24. The Morgan fingerprint density at radius 3 is 2.27 bits per heavy atom. The van der Waals surface area contributed by atoms with Crippen LogP contribution in [0.25, 0.3) is 0 Å². The molecule has 0 bridgehead atoms. The van der Waals surface area contributed by atoms with Crippen LogP contribution in [0.15, 0.2) is 6.20 Å². The standard InChI is InChI=1S/C11H8F7NO3/c1-2-21-7(20)3-5-6(10(13,14)15)4-19-9(8(5)12)22-11(16,17)18/h4H,2-3H2,1H3. The Bertz CT molecular complexity index is 554. The summed E-state index contributed by atoms with van der Waals surface area (Å²) in [6, 6.07) is 0. The highest BCUT2D eigenvalue weighted by atomic mass is 19.4. The number of hydrogen-bond acceptors (Lipinski definition) is 4. The molecule has 1 aromatic heterocycles. The number of ether oxygens (including phenoxy) is 2. The minimum atomic E-state index is -5.35. The molecule has 1 aromatic rings. The number of carbonyl (C=O) groups is 1. The fourth-order valence-corrected chi connectivity index (χ4v) is 1.46. The Hall–Kier alpha value is -2.07. The quantitative estimate of drug-likeness (QED) is 0.626. The molecule has 0 aromatic carbocycles. The van der Waals surface area contributed by atoms with Gasteiger partial charge in [-0.2, -0.15) is 13.2 Å². The van der Waals surface area contributed by atoms with Gasteiger partial charge < -0.3 is 9.47 Å². The normalized spacial score (nSPS) is 12.2. The highest BCUT2D eigenvalue weighted by molar-refractivity contribution is 5.73. The lowest BCUT2D eigenvalue weighted by molar-refractivity contribution is -0.277. The van der Waals surface area contributed by atoms with E-state index >= 15 is 0 Å². The van der Waals surface area contributed by atoms with E-state index in [-0.39, 0.29) is 12.8 Å². The summed E-state index contributed by atoms with van der Waals surface area (Å²) in [5.74, 6) is -4.98. The molecular weight excluding hydrogens is 327 g/mol. The fourth-order valence-electron chi connectivity index (χ4n) is 1.46. The van der Waals surface area contributed by atoms with E-state index < -0.39 is 47.8 Å². The van der Waals surface area contributed by atoms with Crippen LogP contribution >= 0.6 is 0 Å². The molecular formula is C11H8F7NO3. The summed E-state index contributed by atoms with van der Waals surface area (Å²) < 4.78 is 95.6. The highest BCUT2D eigenvalue weighted by Crippen LogP contribution is 2.36. The fraction of sp³-hybridized carbons (Fsp3) is 0.455. The number of aromatic nitrogens is 1. The molecule has 0 saturated carbocycles. The number of hydrogen-bond donors (Lipinski definition) is 0. The predicted molar refractivity (Wildman–Crippen MR) is 56.2 cm³/mol. The zero-order valence-electron chi connectivity index (χ0n) is 10.8. The van der Waals surface area contributed by atoms with Crippen molar-refractivity contribution in [3.05, 3.63) is 23.1 Å².